The molecule has 0 unspecified atom stereocenters. The highest BCUT2D eigenvalue weighted by molar-refractivity contribution is 9.11. The van der Waals surface area contributed by atoms with E-state index < -0.39 is 0 Å². The molecule has 1 aliphatic rings. The van der Waals surface area contributed by atoms with Crippen molar-refractivity contribution in [1.29, 1.82) is 0 Å². The Morgan fingerprint density at radius 1 is 1.00 bits per heavy atom. The van der Waals surface area contributed by atoms with E-state index in [2.05, 4.69) is 51.2 Å². The van der Waals surface area contributed by atoms with Gasteiger partial charge in [-0.25, -0.2) is 0 Å². The Labute approximate surface area is 109 Å². The van der Waals surface area contributed by atoms with Gasteiger partial charge >= 0.3 is 0 Å². The molecule has 2 heteroatoms. The molecular weight excluding hydrogens is 274 g/mol. The summed E-state index contributed by atoms with van der Waals surface area (Å²) in [5.74, 6) is 0. The van der Waals surface area contributed by atoms with Crippen molar-refractivity contribution in [1.82, 2.24) is 4.98 Å². The predicted octanol–water partition coefficient (Wildman–Crippen LogP) is 3.96. The molecule has 0 atom stereocenters. The van der Waals surface area contributed by atoms with Gasteiger partial charge in [-0.2, -0.15) is 0 Å². The zero-order valence-corrected chi connectivity index (χ0v) is 10.9. The van der Waals surface area contributed by atoms with Gasteiger partial charge in [0.2, 0.25) is 0 Å². The van der Waals surface area contributed by atoms with E-state index in [1.807, 2.05) is 17.2 Å². The fraction of sp³-hybridized carbons (Fsp3) is 0.133. The standard InChI is InChI=1S/C15H12BrN/c16-10-14-12-5-2-1-4-11(12)7-8-15-13(14)6-3-9-17-15/h1-6,9-10H,7-8H2/b14-10-. The normalized spacial score (nSPS) is 16.2. The van der Waals surface area contributed by atoms with Crippen LogP contribution in [0.1, 0.15) is 22.4 Å². The third-order valence-corrected chi connectivity index (χ3v) is 3.69. The molecule has 3 rings (SSSR count). The van der Waals surface area contributed by atoms with E-state index in [0.717, 1.165) is 12.8 Å². The van der Waals surface area contributed by atoms with Crippen LogP contribution in [0.3, 0.4) is 0 Å². The summed E-state index contributed by atoms with van der Waals surface area (Å²) in [6.45, 7) is 0. The second kappa shape index (κ2) is 4.46. The fourth-order valence-electron chi connectivity index (χ4n) is 2.40. The van der Waals surface area contributed by atoms with Crippen LogP contribution in [0, 0.1) is 0 Å². The van der Waals surface area contributed by atoms with Crippen molar-refractivity contribution in [2.45, 2.75) is 12.8 Å². The molecule has 1 nitrogen and oxygen atoms in total. The maximum absolute atomic E-state index is 4.50. The van der Waals surface area contributed by atoms with E-state index in [9.17, 15) is 0 Å². The number of rotatable bonds is 0. The van der Waals surface area contributed by atoms with E-state index in [0.29, 0.717) is 0 Å². The molecule has 0 aliphatic heterocycles. The van der Waals surface area contributed by atoms with Crippen LogP contribution < -0.4 is 0 Å². The Hall–Kier alpha value is -1.41. The van der Waals surface area contributed by atoms with E-state index in [-0.39, 0.29) is 0 Å². The van der Waals surface area contributed by atoms with Gasteiger partial charge in [0, 0.05) is 17.5 Å². The molecule has 1 heterocycles. The van der Waals surface area contributed by atoms with Crippen molar-refractivity contribution in [2.75, 3.05) is 0 Å². The molecule has 0 amide bonds. The molecule has 0 fully saturated rings. The fourth-order valence-corrected chi connectivity index (χ4v) is 2.89. The first-order valence-electron chi connectivity index (χ1n) is 5.73. The number of benzene rings is 1. The Morgan fingerprint density at radius 2 is 1.82 bits per heavy atom. The highest BCUT2D eigenvalue weighted by Gasteiger charge is 2.17. The number of fused-ring (bicyclic) bond motifs is 2. The summed E-state index contributed by atoms with van der Waals surface area (Å²) in [6, 6.07) is 12.7. The Morgan fingerprint density at radius 3 is 2.71 bits per heavy atom. The lowest BCUT2D eigenvalue weighted by Crippen LogP contribution is -1.94. The number of hydrogen-bond donors (Lipinski definition) is 0. The third kappa shape index (κ3) is 1.83. The predicted molar refractivity (Wildman–Crippen MR) is 74.1 cm³/mol. The van der Waals surface area contributed by atoms with E-state index in [1.54, 1.807) is 0 Å². The van der Waals surface area contributed by atoms with Crippen LogP contribution in [-0.2, 0) is 12.8 Å². The van der Waals surface area contributed by atoms with Crippen molar-refractivity contribution in [3.63, 3.8) is 0 Å². The molecule has 0 bridgehead atoms. The molecule has 1 aromatic carbocycles. The Bertz CT molecular complexity index is 537. The van der Waals surface area contributed by atoms with Crippen molar-refractivity contribution in [3.8, 4) is 0 Å². The lowest BCUT2D eigenvalue weighted by molar-refractivity contribution is 0.918. The lowest BCUT2D eigenvalue weighted by Gasteiger charge is -2.09. The summed E-state index contributed by atoms with van der Waals surface area (Å²) in [5, 5.41) is 0. The summed E-state index contributed by atoms with van der Waals surface area (Å²) in [7, 11) is 0. The SMILES string of the molecule is Br/C=C1/c2ccccc2CCc2ncccc21. The molecule has 2 aromatic rings. The van der Waals surface area contributed by atoms with Crippen LogP contribution in [0.4, 0.5) is 0 Å². The van der Waals surface area contributed by atoms with Gasteiger partial charge in [0.05, 0.1) is 0 Å². The van der Waals surface area contributed by atoms with Crippen molar-refractivity contribution in [3.05, 3.63) is 70.0 Å². The lowest BCUT2D eigenvalue weighted by atomic mass is 9.97. The largest absolute Gasteiger partial charge is 0.261 e. The molecular formula is C15H12BrN. The first-order valence-corrected chi connectivity index (χ1v) is 6.64. The number of hydrogen-bond acceptors (Lipinski definition) is 1. The molecule has 0 spiro atoms. The molecule has 0 N–H and O–H groups in total. The third-order valence-electron chi connectivity index (χ3n) is 3.23. The van der Waals surface area contributed by atoms with Crippen LogP contribution in [0.15, 0.2) is 47.6 Å². The van der Waals surface area contributed by atoms with Crippen LogP contribution in [-0.4, -0.2) is 4.98 Å². The van der Waals surface area contributed by atoms with E-state index >= 15 is 0 Å². The minimum atomic E-state index is 1.01. The highest BCUT2D eigenvalue weighted by atomic mass is 79.9. The summed E-state index contributed by atoms with van der Waals surface area (Å²) in [5.41, 5.74) is 6.39. The molecule has 1 aliphatic carbocycles. The van der Waals surface area contributed by atoms with Crippen LogP contribution in [0.25, 0.3) is 5.57 Å². The number of aryl methyl sites for hydroxylation is 2. The van der Waals surface area contributed by atoms with Gasteiger partial charge in [-0.05, 0) is 40.6 Å². The first-order chi connectivity index (χ1) is 8.40. The zero-order chi connectivity index (χ0) is 11.7. The van der Waals surface area contributed by atoms with Crippen molar-refractivity contribution in [2.24, 2.45) is 0 Å². The number of aromatic nitrogens is 1. The number of pyridine rings is 1. The quantitative estimate of drug-likeness (QED) is 0.714. The molecule has 0 saturated carbocycles. The van der Waals surface area contributed by atoms with Crippen LogP contribution in [0.5, 0.6) is 0 Å². The zero-order valence-electron chi connectivity index (χ0n) is 9.36. The van der Waals surface area contributed by atoms with E-state index in [1.165, 1.54) is 28.0 Å². The molecule has 0 saturated heterocycles. The maximum Gasteiger partial charge on any atom is 0.0485 e. The van der Waals surface area contributed by atoms with Gasteiger partial charge in [0.25, 0.3) is 0 Å². The van der Waals surface area contributed by atoms with Gasteiger partial charge < -0.3 is 0 Å². The van der Waals surface area contributed by atoms with Crippen molar-refractivity contribution >= 4 is 21.5 Å². The molecule has 84 valence electrons. The first kappa shape index (κ1) is 10.7. The van der Waals surface area contributed by atoms with Gasteiger partial charge in [0.15, 0.2) is 0 Å². The minimum Gasteiger partial charge on any atom is -0.261 e. The van der Waals surface area contributed by atoms with Gasteiger partial charge in [-0.1, -0.05) is 46.3 Å². The average molecular weight is 286 g/mol. The summed E-state index contributed by atoms with van der Waals surface area (Å²) in [6.07, 6.45) is 3.95. The van der Waals surface area contributed by atoms with Gasteiger partial charge in [0.1, 0.15) is 0 Å². The smallest absolute Gasteiger partial charge is 0.0485 e. The topological polar surface area (TPSA) is 12.9 Å². The molecule has 17 heavy (non-hydrogen) atoms. The molecule has 0 radical (unpaired) electrons. The van der Waals surface area contributed by atoms with Gasteiger partial charge in [-0.3, -0.25) is 4.98 Å². The Kier molecular flexibility index (Phi) is 2.81. The second-order valence-electron chi connectivity index (χ2n) is 4.18. The van der Waals surface area contributed by atoms with Crippen LogP contribution >= 0.6 is 15.9 Å². The maximum atomic E-state index is 4.50. The minimum absolute atomic E-state index is 1.01. The number of halogens is 1. The van der Waals surface area contributed by atoms with E-state index in [4.69, 9.17) is 0 Å². The summed E-state index contributed by atoms with van der Waals surface area (Å²) >= 11 is 3.50. The number of nitrogens with zero attached hydrogens (tertiary/aromatic N) is 1. The highest BCUT2D eigenvalue weighted by Crippen LogP contribution is 2.32. The average Bonchev–Trinajstić information content (AvgIpc) is 2.55. The monoisotopic (exact) mass is 285 g/mol. The van der Waals surface area contributed by atoms with Gasteiger partial charge in [-0.15, -0.1) is 0 Å². The van der Waals surface area contributed by atoms with Crippen molar-refractivity contribution < 1.29 is 0 Å². The summed E-state index contributed by atoms with van der Waals surface area (Å²) < 4.78 is 0. The summed E-state index contributed by atoms with van der Waals surface area (Å²) in [4.78, 5) is 6.51. The second-order valence-corrected chi connectivity index (χ2v) is 4.64. The van der Waals surface area contributed by atoms with Crippen LogP contribution in [0.2, 0.25) is 0 Å². The molecule has 1 aromatic heterocycles. The Balaban J connectivity index is 2.27.